The van der Waals surface area contributed by atoms with Crippen LogP contribution in [0.2, 0.25) is 0 Å². The molecule has 2 N–H and O–H groups in total. The first kappa shape index (κ1) is 10.7. The maximum Gasteiger partial charge on any atom is 0.271 e. The van der Waals surface area contributed by atoms with E-state index in [4.69, 9.17) is 0 Å². The van der Waals surface area contributed by atoms with Crippen molar-refractivity contribution in [1.82, 2.24) is 20.2 Å². The third kappa shape index (κ3) is 2.39. The van der Waals surface area contributed by atoms with E-state index in [2.05, 4.69) is 15.6 Å². The number of piperidine rings is 1. The highest BCUT2D eigenvalue weighted by molar-refractivity contribution is 5.92. The summed E-state index contributed by atoms with van der Waals surface area (Å²) in [5, 5.41) is 5.55. The van der Waals surface area contributed by atoms with Crippen LogP contribution in [0.15, 0.2) is 12.5 Å². The van der Waals surface area contributed by atoms with Crippen molar-refractivity contribution in [2.45, 2.75) is 18.9 Å². The molecule has 1 atom stereocenters. The van der Waals surface area contributed by atoms with E-state index in [1.54, 1.807) is 17.1 Å². The topological polar surface area (TPSA) is 76.0 Å². The first-order valence-corrected chi connectivity index (χ1v) is 5.20. The van der Waals surface area contributed by atoms with Gasteiger partial charge in [-0.15, -0.1) is 0 Å². The van der Waals surface area contributed by atoms with Crippen LogP contribution in [0.3, 0.4) is 0 Å². The second-order valence-corrected chi connectivity index (χ2v) is 3.94. The van der Waals surface area contributed by atoms with Crippen molar-refractivity contribution >= 4 is 11.8 Å². The predicted molar refractivity (Wildman–Crippen MR) is 56.7 cm³/mol. The summed E-state index contributed by atoms with van der Waals surface area (Å²) in [5.74, 6) is -0.148. The van der Waals surface area contributed by atoms with Gasteiger partial charge in [0.2, 0.25) is 5.91 Å². The van der Waals surface area contributed by atoms with E-state index < -0.39 is 0 Å². The van der Waals surface area contributed by atoms with Crippen LogP contribution in [-0.2, 0) is 11.8 Å². The molecule has 0 aliphatic carbocycles. The number of aromatic nitrogens is 2. The summed E-state index contributed by atoms with van der Waals surface area (Å²) in [7, 11) is 1.81. The van der Waals surface area contributed by atoms with E-state index in [9.17, 15) is 9.59 Å². The zero-order valence-corrected chi connectivity index (χ0v) is 9.06. The van der Waals surface area contributed by atoms with Gasteiger partial charge in [0.15, 0.2) is 0 Å². The van der Waals surface area contributed by atoms with Gasteiger partial charge in [0.05, 0.1) is 6.33 Å². The monoisotopic (exact) mass is 222 g/mol. The number of rotatable bonds is 2. The number of carbonyl (C=O) groups is 2. The molecule has 1 unspecified atom stereocenters. The highest BCUT2D eigenvalue weighted by Crippen LogP contribution is 2.04. The van der Waals surface area contributed by atoms with Gasteiger partial charge in [-0.05, 0) is 6.42 Å². The van der Waals surface area contributed by atoms with Crippen LogP contribution in [0.1, 0.15) is 23.3 Å². The lowest BCUT2D eigenvalue weighted by molar-refractivity contribution is -0.122. The van der Waals surface area contributed by atoms with Gasteiger partial charge in [-0.25, -0.2) is 4.98 Å². The van der Waals surface area contributed by atoms with Gasteiger partial charge in [-0.2, -0.15) is 0 Å². The molecule has 86 valence electrons. The molecule has 0 aromatic carbocycles. The Labute approximate surface area is 93.0 Å². The minimum atomic E-state index is -0.193. The Morgan fingerprint density at radius 3 is 3.06 bits per heavy atom. The van der Waals surface area contributed by atoms with E-state index in [1.807, 2.05) is 7.05 Å². The first-order valence-electron chi connectivity index (χ1n) is 5.20. The van der Waals surface area contributed by atoms with E-state index in [1.165, 1.54) is 0 Å². The molecule has 1 aliphatic heterocycles. The van der Waals surface area contributed by atoms with Crippen molar-refractivity contribution in [2.24, 2.45) is 7.05 Å². The molecule has 0 spiro atoms. The SMILES string of the molecule is Cn1cnc(C(=O)NC2CCC(=O)NC2)c1. The van der Waals surface area contributed by atoms with Crippen LogP contribution in [0.4, 0.5) is 0 Å². The third-order valence-corrected chi connectivity index (χ3v) is 2.54. The average molecular weight is 222 g/mol. The number of amides is 2. The van der Waals surface area contributed by atoms with Crippen molar-refractivity contribution in [3.63, 3.8) is 0 Å². The Hall–Kier alpha value is -1.85. The number of hydrogen-bond donors (Lipinski definition) is 2. The van der Waals surface area contributed by atoms with Gasteiger partial charge in [0.1, 0.15) is 5.69 Å². The molecule has 6 heteroatoms. The van der Waals surface area contributed by atoms with Gasteiger partial charge in [-0.3, -0.25) is 9.59 Å². The Balaban J connectivity index is 1.90. The molecule has 1 saturated heterocycles. The standard InChI is InChI=1S/C10H14N4O2/c1-14-5-8(12-6-14)10(16)13-7-2-3-9(15)11-4-7/h5-7H,2-4H2,1H3,(H,11,15)(H,13,16). The molecule has 2 heterocycles. The molecule has 0 bridgehead atoms. The Morgan fingerprint density at radius 1 is 1.69 bits per heavy atom. The lowest BCUT2D eigenvalue weighted by atomic mass is 10.1. The smallest absolute Gasteiger partial charge is 0.271 e. The van der Waals surface area contributed by atoms with Crippen molar-refractivity contribution in [3.05, 3.63) is 18.2 Å². The summed E-state index contributed by atoms with van der Waals surface area (Å²) in [4.78, 5) is 26.6. The second-order valence-electron chi connectivity index (χ2n) is 3.94. The number of aryl methyl sites for hydroxylation is 1. The number of nitrogens with zero attached hydrogens (tertiary/aromatic N) is 2. The normalized spacial score (nSPS) is 20.3. The van der Waals surface area contributed by atoms with Gasteiger partial charge >= 0.3 is 0 Å². The van der Waals surface area contributed by atoms with Crippen molar-refractivity contribution < 1.29 is 9.59 Å². The molecule has 2 amide bonds. The molecule has 0 saturated carbocycles. The Morgan fingerprint density at radius 2 is 2.50 bits per heavy atom. The van der Waals surface area contributed by atoms with E-state index in [-0.39, 0.29) is 17.9 Å². The van der Waals surface area contributed by atoms with Crippen LogP contribution in [0.5, 0.6) is 0 Å². The van der Waals surface area contributed by atoms with E-state index in [0.717, 1.165) is 0 Å². The minimum absolute atomic E-state index is 0.00667. The van der Waals surface area contributed by atoms with Crippen LogP contribution < -0.4 is 10.6 Å². The number of nitrogens with one attached hydrogen (secondary N) is 2. The fourth-order valence-electron chi connectivity index (χ4n) is 1.65. The zero-order valence-electron chi connectivity index (χ0n) is 9.06. The molecular formula is C10H14N4O2. The summed E-state index contributed by atoms with van der Waals surface area (Å²) >= 11 is 0. The summed E-state index contributed by atoms with van der Waals surface area (Å²) in [6, 6.07) is 0.00667. The molecule has 1 aromatic rings. The fraction of sp³-hybridized carbons (Fsp3) is 0.500. The summed E-state index contributed by atoms with van der Waals surface area (Å²) in [6.45, 7) is 0.497. The molecular weight excluding hydrogens is 208 g/mol. The van der Waals surface area contributed by atoms with Gasteiger partial charge in [0.25, 0.3) is 5.91 Å². The lowest BCUT2D eigenvalue weighted by Crippen LogP contribution is -2.47. The average Bonchev–Trinajstić information content (AvgIpc) is 2.68. The molecule has 1 aliphatic rings. The van der Waals surface area contributed by atoms with Gasteiger partial charge < -0.3 is 15.2 Å². The van der Waals surface area contributed by atoms with E-state index in [0.29, 0.717) is 25.1 Å². The van der Waals surface area contributed by atoms with Gasteiger partial charge in [-0.1, -0.05) is 0 Å². The van der Waals surface area contributed by atoms with Crippen molar-refractivity contribution in [1.29, 1.82) is 0 Å². The second kappa shape index (κ2) is 4.34. The van der Waals surface area contributed by atoms with Crippen LogP contribution in [0, 0.1) is 0 Å². The van der Waals surface area contributed by atoms with Crippen molar-refractivity contribution in [2.75, 3.05) is 6.54 Å². The van der Waals surface area contributed by atoms with Crippen molar-refractivity contribution in [3.8, 4) is 0 Å². The molecule has 6 nitrogen and oxygen atoms in total. The number of hydrogen-bond acceptors (Lipinski definition) is 3. The summed E-state index contributed by atoms with van der Waals surface area (Å²) < 4.78 is 1.72. The van der Waals surface area contributed by atoms with E-state index >= 15 is 0 Å². The summed E-state index contributed by atoms with van der Waals surface area (Å²) in [5.41, 5.74) is 0.402. The van der Waals surface area contributed by atoms with Crippen LogP contribution in [0.25, 0.3) is 0 Å². The van der Waals surface area contributed by atoms with Gasteiger partial charge in [0, 0.05) is 32.3 Å². The third-order valence-electron chi connectivity index (χ3n) is 2.54. The lowest BCUT2D eigenvalue weighted by Gasteiger charge is -2.22. The largest absolute Gasteiger partial charge is 0.354 e. The molecule has 16 heavy (non-hydrogen) atoms. The highest BCUT2D eigenvalue weighted by atomic mass is 16.2. The highest BCUT2D eigenvalue weighted by Gasteiger charge is 2.20. The molecule has 1 aromatic heterocycles. The van der Waals surface area contributed by atoms with Crippen LogP contribution >= 0.6 is 0 Å². The Kier molecular flexibility index (Phi) is 2.89. The summed E-state index contributed by atoms with van der Waals surface area (Å²) in [6.07, 6.45) is 4.39. The molecule has 0 radical (unpaired) electrons. The quantitative estimate of drug-likeness (QED) is 0.703. The molecule has 1 fully saturated rings. The maximum absolute atomic E-state index is 11.7. The van der Waals surface area contributed by atoms with Crippen LogP contribution in [-0.4, -0.2) is 34.0 Å². The fourth-order valence-corrected chi connectivity index (χ4v) is 1.65. The Bertz CT molecular complexity index is 403. The number of carbonyl (C=O) groups excluding carboxylic acids is 2. The minimum Gasteiger partial charge on any atom is -0.354 e. The first-order chi connectivity index (χ1) is 7.65. The molecule has 2 rings (SSSR count). The predicted octanol–water partition coefficient (Wildman–Crippen LogP) is -0.571. The number of imidazole rings is 1. The zero-order chi connectivity index (χ0) is 11.5. The maximum atomic E-state index is 11.7.